The first-order valence-electron chi connectivity index (χ1n) is 8.23. The molecule has 6 nitrogen and oxygen atoms in total. The van der Waals surface area contributed by atoms with Crippen molar-refractivity contribution in [2.45, 2.75) is 6.92 Å². The van der Waals surface area contributed by atoms with Crippen LogP contribution in [0.1, 0.15) is 22.8 Å². The Morgan fingerprint density at radius 3 is 2.62 bits per heavy atom. The van der Waals surface area contributed by atoms with Crippen LogP contribution in [0.4, 0.5) is 5.69 Å². The molecule has 0 saturated heterocycles. The lowest BCUT2D eigenvalue weighted by molar-refractivity contribution is 0.100. The summed E-state index contributed by atoms with van der Waals surface area (Å²) in [5, 5.41) is 4.09. The standard InChI is InChI=1S/C20H20N4O2/c1-2-26-14-8-6-13(7-9-14)18(12-21)24-17-10-11-23-19-15(17)4-3-5-16(19)20(22)25/h3-12H,2,21H2,1H3,(H2,22,25)(H,23,24)/b18-12+. The van der Waals surface area contributed by atoms with Gasteiger partial charge in [-0.1, -0.05) is 12.1 Å². The van der Waals surface area contributed by atoms with Crippen molar-refractivity contribution in [1.82, 2.24) is 4.98 Å². The number of fused-ring (bicyclic) bond motifs is 1. The maximum Gasteiger partial charge on any atom is 0.250 e. The summed E-state index contributed by atoms with van der Waals surface area (Å²) >= 11 is 0. The van der Waals surface area contributed by atoms with Crippen LogP contribution in [-0.4, -0.2) is 17.5 Å². The van der Waals surface area contributed by atoms with Gasteiger partial charge in [-0.3, -0.25) is 9.78 Å². The van der Waals surface area contributed by atoms with Crippen molar-refractivity contribution < 1.29 is 9.53 Å². The number of carbonyl (C=O) groups is 1. The van der Waals surface area contributed by atoms with Crippen LogP contribution in [-0.2, 0) is 0 Å². The van der Waals surface area contributed by atoms with Crippen molar-refractivity contribution in [3.05, 3.63) is 72.1 Å². The number of nitrogens with two attached hydrogens (primary N) is 2. The third-order valence-corrected chi connectivity index (χ3v) is 3.95. The molecule has 5 N–H and O–H groups in total. The van der Waals surface area contributed by atoms with Crippen LogP contribution in [0.25, 0.3) is 16.6 Å². The molecule has 6 heteroatoms. The Kier molecular flexibility index (Phi) is 5.03. The molecule has 0 bridgehead atoms. The molecule has 0 aliphatic heterocycles. The number of ether oxygens (including phenoxy) is 1. The van der Waals surface area contributed by atoms with Gasteiger partial charge in [-0.25, -0.2) is 0 Å². The summed E-state index contributed by atoms with van der Waals surface area (Å²) < 4.78 is 5.46. The number of para-hydroxylation sites is 1. The highest BCUT2D eigenvalue weighted by atomic mass is 16.5. The molecular formula is C20H20N4O2. The summed E-state index contributed by atoms with van der Waals surface area (Å²) in [6.45, 7) is 2.55. The minimum atomic E-state index is -0.513. The van der Waals surface area contributed by atoms with E-state index in [4.69, 9.17) is 16.2 Å². The predicted molar refractivity (Wildman–Crippen MR) is 104 cm³/mol. The predicted octanol–water partition coefficient (Wildman–Crippen LogP) is 3.10. The number of anilines is 1. The summed E-state index contributed by atoms with van der Waals surface area (Å²) in [7, 11) is 0. The Labute approximate surface area is 151 Å². The Morgan fingerprint density at radius 2 is 1.96 bits per heavy atom. The number of carbonyl (C=O) groups excluding carboxylic acids is 1. The number of pyridine rings is 1. The van der Waals surface area contributed by atoms with Gasteiger partial charge in [0, 0.05) is 23.5 Å². The summed E-state index contributed by atoms with van der Waals surface area (Å²) in [6.07, 6.45) is 3.13. The lowest BCUT2D eigenvalue weighted by Crippen LogP contribution is -2.12. The van der Waals surface area contributed by atoms with Gasteiger partial charge in [0.1, 0.15) is 5.75 Å². The van der Waals surface area contributed by atoms with E-state index in [-0.39, 0.29) is 0 Å². The van der Waals surface area contributed by atoms with Crippen LogP contribution in [0.15, 0.2) is 60.9 Å². The Hall–Kier alpha value is -3.54. The van der Waals surface area contributed by atoms with Crippen molar-refractivity contribution in [2.75, 3.05) is 11.9 Å². The molecule has 0 atom stereocenters. The maximum absolute atomic E-state index is 11.6. The molecule has 1 aromatic heterocycles. The second-order valence-electron chi connectivity index (χ2n) is 5.59. The summed E-state index contributed by atoms with van der Waals surface area (Å²) in [6, 6.07) is 14.8. The zero-order chi connectivity index (χ0) is 18.5. The van der Waals surface area contributed by atoms with E-state index in [9.17, 15) is 4.79 Å². The van der Waals surface area contributed by atoms with E-state index in [2.05, 4.69) is 10.3 Å². The first-order chi connectivity index (χ1) is 12.6. The number of benzene rings is 2. The number of amides is 1. The number of hydrogen-bond donors (Lipinski definition) is 3. The van der Waals surface area contributed by atoms with Crippen molar-refractivity contribution in [3.8, 4) is 5.75 Å². The molecule has 0 fully saturated rings. The molecule has 0 aliphatic rings. The molecule has 26 heavy (non-hydrogen) atoms. The minimum Gasteiger partial charge on any atom is -0.494 e. The molecule has 1 amide bonds. The van der Waals surface area contributed by atoms with E-state index >= 15 is 0 Å². The van der Waals surface area contributed by atoms with Gasteiger partial charge in [-0.15, -0.1) is 0 Å². The van der Waals surface area contributed by atoms with E-state index in [1.807, 2.05) is 43.3 Å². The third kappa shape index (κ3) is 3.44. The molecule has 1 heterocycles. The van der Waals surface area contributed by atoms with Crippen LogP contribution in [0.3, 0.4) is 0 Å². The lowest BCUT2D eigenvalue weighted by Gasteiger charge is -2.14. The SMILES string of the molecule is CCOc1ccc(/C(=C\N)Nc2ccnc3c(C(N)=O)cccc23)cc1. The second-order valence-corrected chi connectivity index (χ2v) is 5.59. The van der Waals surface area contributed by atoms with Crippen LogP contribution >= 0.6 is 0 Å². The third-order valence-electron chi connectivity index (χ3n) is 3.95. The number of primary amides is 1. The molecule has 0 spiro atoms. The molecular weight excluding hydrogens is 328 g/mol. The van der Waals surface area contributed by atoms with Crippen LogP contribution < -0.4 is 21.5 Å². The van der Waals surface area contributed by atoms with E-state index < -0.39 is 5.91 Å². The Balaban J connectivity index is 1.96. The Morgan fingerprint density at radius 1 is 1.19 bits per heavy atom. The smallest absolute Gasteiger partial charge is 0.250 e. The summed E-state index contributed by atoms with van der Waals surface area (Å²) in [5.74, 6) is 0.287. The molecule has 0 aliphatic carbocycles. The first kappa shape index (κ1) is 17.3. The average molecular weight is 348 g/mol. The first-order valence-corrected chi connectivity index (χ1v) is 8.23. The summed E-state index contributed by atoms with van der Waals surface area (Å²) in [4.78, 5) is 15.9. The fourth-order valence-electron chi connectivity index (χ4n) is 2.74. The highest BCUT2D eigenvalue weighted by Crippen LogP contribution is 2.27. The second kappa shape index (κ2) is 7.57. The number of nitrogens with zero attached hydrogens (tertiary/aromatic N) is 1. The van der Waals surface area contributed by atoms with Gasteiger partial charge in [0.25, 0.3) is 5.91 Å². The molecule has 3 aromatic rings. The van der Waals surface area contributed by atoms with E-state index in [1.54, 1.807) is 18.3 Å². The highest BCUT2D eigenvalue weighted by molar-refractivity contribution is 6.08. The lowest BCUT2D eigenvalue weighted by atomic mass is 10.1. The van der Waals surface area contributed by atoms with Crippen molar-refractivity contribution in [3.63, 3.8) is 0 Å². The van der Waals surface area contributed by atoms with Gasteiger partial charge in [0.15, 0.2) is 0 Å². The number of nitrogens with one attached hydrogen (secondary N) is 1. The van der Waals surface area contributed by atoms with Crippen LogP contribution in [0.5, 0.6) is 5.75 Å². The van der Waals surface area contributed by atoms with Gasteiger partial charge >= 0.3 is 0 Å². The van der Waals surface area contributed by atoms with Crippen molar-refractivity contribution in [2.24, 2.45) is 11.5 Å². The van der Waals surface area contributed by atoms with Gasteiger partial charge in [-0.2, -0.15) is 0 Å². The van der Waals surface area contributed by atoms with Crippen LogP contribution in [0, 0.1) is 0 Å². The summed E-state index contributed by atoms with van der Waals surface area (Å²) in [5.41, 5.74) is 14.6. The fourth-order valence-corrected chi connectivity index (χ4v) is 2.74. The zero-order valence-corrected chi connectivity index (χ0v) is 14.4. The van der Waals surface area contributed by atoms with Gasteiger partial charge in [-0.05, 0) is 48.9 Å². The maximum atomic E-state index is 11.6. The van der Waals surface area contributed by atoms with E-state index in [0.29, 0.717) is 17.7 Å². The van der Waals surface area contributed by atoms with Gasteiger partial charge < -0.3 is 21.5 Å². The zero-order valence-electron chi connectivity index (χ0n) is 14.4. The van der Waals surface area contributed by atoms with Crippen LogP contribution in [0.2, 0.25) is 0 Å². The van der Waals surface area contributed by atoms with Crippen molar-refractivity contribution >= 4 is 28.2 Å². The minimum absolute atomic E-state index is 0.380. The quantitative estimate of drug-likeness (QED) is 0.635. The van der Waals surface area contributed by atoms with E-state index in [0.717, 1.165) is 28.1 Å². The number of rotatable bonds is 6. The van der Waals surface area contributed by atoms with Gasteiger partial charge in [0.2, 0.25) is 0 Å². The molecule has 0 radical (unpaired) electrons. The largest absolute Gasteiger partial charge is 0.494 e. The molecule has 0 saturated carbocycles. The fraction of sp³-hybridized carbons (Fsp3) is 0.100. The topological polar surface area (TPSA) is 103 Å². The Bertz CT molecular complexity index is 965. The molecule has 3 rings (SSSR count). The number of hydrogen-bond acceptors (Lipinski definition) is 5. The average Bonchev–Trinajstić information content (AvgIpc) is 2.66. The van der Waals surface area contributed by atoms with Crippen molar-refractivity contribution in [1.29, 1.82) is 0 Å². The number of aromatic nitrogens is 1. The molecule has 0 unspecified atom stereocenters. The van der Waals surface area contributed by atoms with E-state index in [1.165, 1.54) is 6.20 Å². The normalized spacial score (nSPS) is 11.3. The molecule has 2 aromatic carbocycles. The monoisotopic (exact) mass is 348 g/mol. The molecule has 132 valence electrons. The highest BCUT2D eigenvalue weighted by Gasteiger charge is 2.11. The van der Waals surface area contributed by atoms with Gasteiger partial charge in [0.05, 0.1) is 23.4 Å².